The first-order valence-corrected chi connectivity index (χ1v) is 19.3. The summed E-state index contributed by atoms with van der Waals surface area (Å²) in [7, 11) is -4.13. The predicted octanol–water partition coefficient (Wildman–Crippen LogP) is 6.81. The Bertz CT molecular complexity index is 1940. The molecule has 0 fully saturated rings. The SMILES string of the molecule is CC(C)c1nc(N(C)S(C)(=O)=O)nc(-c2ccc(F)cc2)c1CBr.Cc1c(-c2ccc(F)cc2)nc(N(C)S(C)(=O)=O)nc1C(C)C. The third-order valence-electron chi connectivity index (χ3n) is 7.22. The molecule has 0 aliphatic heterocycles. The van der Waals surface area contributed by atoms with Crippen LogP contribution in [-0.4, -0.2) is 63.4 Å². The lowest BCUT2D eigenvalue weighted by Gasteiger charge is -2.20. The fourth-order valence-electron chi connectivity index (χ4n) is 4.50. The molecule has 0 amide bonds. The zero-order chi connectivity index (χ0) is 35.4. The molecule has 15 heteroatoms. The van der Waals surface area contributed by atoms with Crippen molar-refractivity contribution in [2.45, 2.75) is 51.8 Å². The molecule has 0 radical (unpaired) electrons. The monoisotopic (exact) mass is 752 g/mol. The third kappa shape index (κ3) is 9.29. The smallest absolute Gasteiger partial charge is 0.239 e. The highest BCUT2D eigenvalue weighted by Gasteiger charge is 2.23. The van der Waals surface area contributed by atoms with Gasteiger partial charge in [0, 0.05) is 36.1 Å². The summed E-state index contributed by atoms with van der Waals surface area (Å²) in [6, 6.07) is 11.9. The van der Waals surface area contributed by atoms with Crippen molar-refractivity contribution in [2.24, 2.45) is 0 Å². The first-order valence-electron chi connectivity index (χ1n) is 14.5. The van der Waals surface area contributed by atoms with E-state index in [1.54, 1.807) is 24.3 Å². The Morgan fingerprint density at radius 1 is 0.660 bits per heavy atom. The van der Waals surface area contributed by atoms with E-state index in [2.05, 4.69) is 35.9 Å². The molecule has 0 spiro atoms. The molecule has 0 unspecified atom stereocenters. The molecule has 0 aliphatic rings. The van der Waals surface area contributed by atoms with Crippen LogP contribution >= 0.6 is 15.9 Å². The molecular weight excluding hydrogens is 714 g/mol. The molecule has 4 aromatic rings. The highest BCUT2D eigenvalue weighted by atomic mass is 79.9. The minimum absolute atomic E-state index is 0.0754. The van der Waals surface area contributed by atoms with Gasteiger partial charge in [-0.3, -0.25) is 0 Å². The van der Waals surface area contributed by atoms with Crippen LogP contribution < -0.4 is 8.61 Å². The van der Waals surface area contributed by atoms with E-state index in [1.807, 2.05) is 34.6 Å². The Balaban J connectivity index is 0.000000256. The van der Waals surface area contributed by atoms with Crippen LogP contribution in [0.1, 0.15) is 62.0 Å². The number of anilines is 2. The largest absolute Gasteiger partial charge is 0.241 e. The van der Waals surface area contributed by atoms with Crippen LogP contribution in [0.2, 0.25) is 0 Å². The normalized spacial score (nSPS) is 11.8. The second kappa shape index (κ2) is 15.1. The van der Waals surface area contributed by atoms with Crippen LogP contribution in [0.5, 0.6) is 0 Å². The average Bonchev–Trinajstić information content (AvgIpc) is 3.00. The first-order chi connectivity index (χ1) is 21.8. The van der Waals surface area contributed by atoms with E-state index in [0.29, 0.717) is 22.3 Å². The number of nitrogens with zero attached hydrogens (tertiary/aromatic N) is 6. The van der Waals surface area contributed by atoms with Crippen molar-refractivity contribution in [3.8, 4) is 22.5 Å². The van der Waals surface area contributed by atoms with Crippen molar-refractivity contribution in [2.75, 3.05) is 35.2 Å². The second-order valence-corrected chi connectivity index (χ2v) is 16.1. The molecule has 254 valence electrons. The predicted molar refractivity (Wildman–Crippen MR) is 187 cm³/mol. The molecule has 0 atom stereocenters. The van der Waals surface area contributed by atoms with Gasteiger partial charge in [-0.25, -0.2) is 54.2 Å². The van der Waals surface area contributed by atoms with Gasteiger partial charge in [0.05, 0.1) is 35.3 Å². The zero-order valence-electron chi connectivity index (χ0n) is 27.7. The van der Waals surface area contributed by atoms with Crippen LogP contribution in [-0.2, 0) is 25.4 Å². The Morgan fingerprint density at radius 3 is 1.38 bits per heavy atom. The van der Waals surface area contributed by atoms with Gasteiger partial charge in [0.25, 0.3) is 0 Å². The van der Waals surface area contributed by atoms with Gasteiger partial charge in [0.1, 0.15) is 11.6 Å². The number of alkyl halides is 1. The number of rotatable bonds is 9. The van der Waals surface area contributed by atoms with Crippen molar-refractivity contribution in [3.63, 3.8) is 0 Å². The molecule has 0 saturated heterocycles. The van der Waals surface area contributed by atoms with Gasteiger partial charge in [-0.05, 0) is 72.9 Å². The maximum Gasteiger partial charge on any atom is 0.239 e. The summed E-state index contributed by atoms with van der Waals surface area (Å²) < 4.78 is 75.7. The maximum atomic E-state index is 13.2. The van der Waals surface area contributed by atoms with Crippen molar-refractivity contribution < 1.29 is 25.6 Å². The van der Waals surface area contributed by atoms with Crippen LogP contribution in [0, 0.1) is 18.6 Å². The van der Waals surface area contributed by atoms with Crippen LogP contribution in [0.3, 0.4) is 0 Å². The van der Waals surface area contributed by atoms with Gasteiger partial charge < -0.3 is 0 Å². The molecule has 47 heavy (non-hydrogen) atoms. The fraction of sp³-hybridized carbons (Fsp3) is 0.375. The average molecular weight is 754 g/mol. The summed E-state index contributed by atoms with van der Waals surface area (Å²) in [5.41, 5.74) is 5.87. The topological polar surface area (TPSA) is 126 Å². The molecule has 2 heterocycles. The number of benzene rings is 2. The van der Waals surface area contributed by atoms with Crippen LogP contribution in [0.15, 0.2) is 48.5 Å². The van der Waals surface area contributed by atoms with E-state index in [0.717, 1.165) is 49.2 Å². The Hall–Kier alpha value is -3.56. The minimum Gasteiger partial charge on any atom is -0.241 e. The van der Waals surface area contributed by atoms with Crippen molar-refractivity contribution in [3.05, 3.63) is 82.7 Å². The number of sulfonamides is 2. The van der Waals surface area contributed by atoms with E-state index >= 15 is 0 Å². The van der Waals surface area contributed by atoms with Gasteiger partial charge >= 0.3 is 0 Å². The van der Waals surface area contributed by atoms with E-state index in [9.17, 15) is 25.6 Å². The summed E-state index contributed by atoms with van der Waals surface area (Å²) in [6.07, 6.45) is 2.20. The van der Waals surface area contributed by atoms with Crippen LogP contribution in [0.25, 0.3) is 22.5 Å². The lowest BCUT2D eigenvalue weighted by atomic mass is 10.00. The lowest BCUT2D eigenvalue weighted by molar-refractivity contribution is 0.597. The molecule has 4 rings (SSSR count). The summed E-state index contributed by atoms with van der Waals surface area (Å²) in [5.74, 6) is -0.287. The van der Waals surface area contributed by atoms with Gasteiger partial charge in [0.15, 0.2) is 0 Å². The van der Waals surface area contributed by atoms with Gasteiger partial charge in [-0.2, -0.15) is 0 Å². The molecule has 2 aromatic carbocycles. The molecule has 0 aliphatic carbocycles. The number of hydrogen-bond donors (Lipinski definition) is 0. The molecule has 0 saturated carbocycles. The Morgan fingerprint density at radius 2 is 1.02 bits per heavy atom. The third-order valence-corrected chi connectivity index (χ3v) is 10.1. The lowest BCUT2D eigenvalue weighted by Crippen LogP contribution is -2.27. The summed E-state index contributed by atoms with van der Waals surface area (Å²) in [4.78, 5) is 17.7. The highest BCUT2D eigenvalue weighted by Crippen LogP contribution is 2.32. The van der Waals surface area contributed by atoms with E-state index in [1.165, 1.54) is 38.4 Å². The van der Waals surface area contributed by atoms with E-state index in [-0.39, 0.29) is 35.4 Å². The fourth-order valence-corrected chi connectivity index (χ4v) is 5.81. The standard InChI is InChI=1S/C16H19BrFN3O2S.C16H20FN3O2S/c1-10(2)14-13(9-17)15(11-5-7-12(18)8-6-11)20-16(19-14)21(3)24(4,22)23;1-10(2)14-11(3)15(12-6-8-13(17)9-7-12)19-16(18-14)20(4)23(5,21)22/h5-8,10H,9H2,1-4H3;6-10H,1-5H3. The molecule has 0 N–H and O–H groups in total. The Labute approximate surface area is 284 Å². The zero-order valence-corrected chi connectivity index (χ0v) is 31.0. The van der Waals surface area contributed by atoms with Gasteiger partial charge in [0.2, 0.25) is 31.9 Å². The number of aromatic nitrogens is 4. The molecule has 2 aromatic heterocycles. The minimum atomic E-state index is -3.49. The Kier molecular flexibility index (Phi) is 12.2. The second-order valence-electron chi connectivity index (χ2n) is 11.5. The molecule has 0 bridgehead atoms. The summed E-state index contributed by atoms with van der Waals surface area (Å²) in [6.45, 7) is 9.81. The van der Waals surface area contributed by atoms with E-state index in [4.69, 9.17) is 0 Å². The number of hydrogen-bond acceptors (Lipinski definition) is 8. The number of halogens is 3. The van der Waals surface area contributed by atoms with Crippen LogP contribution in [0.4, 0.5) is 20.7 Å². The van der Waals surface area contributed by atoms with Crippen molar-refractivity contribution in [1.82, 2.24) is 19.9 Å². The van der Waals surface area contributed by atoms with Gasteiger partial charge in [-0.1, -0.05) is 43.6 Å². The van der Waals surface area contributed by atoms with Crippen molar-refractivity contribution >= 4 is 47.9 Å². The highest BCUT2D eigenvalue weighted by molar-refractivity contribution is 9.08. The van der Waals surface area contributed by atoms with E-state index < -0.39 is 20.0 Å². The molecule has 10 nitrogen and oxygen atoms in total. The quantitative estimate of drug-likeness (QED) is 0.171. The summed E-state index contributed by atoms with van der Waals surface area (Å²) >= 11 is 3.45. The summed E-state index contributed by atoms with van der Waals surface area (Å²) in [5, 5.41) is 0.510. The first kappa shape index (κ1) is 37.9. The van der Waals surface area contributed by atoms with Gasteiger partial charge in [-0.15, -0.1) is 0 Å². The van der Waals surface area contributed by atoms with Crippen molar-refractivity contribution in [1.29, 1.82) is 0 Å². The molecular formula is C32H39BrF2N6O4S2. The maximum absolute atomic E-state index is 13.2.